The fraction of sp³-hybridized carbons (Fsp3) is 0.176. The molecular weight excluding hydrogens is 328 g/mol. The van der Waals surface area contributed by atoms with Crippen LogP contribution in [-0.2, 0) is 6.54 Å². The number of hydrogen-bond donors (Lipinski definition) is 0. The van der Waals surface area contributed by atoms with Gasteiger partial charge >= 0.3 is 0 Å². The predicted octanol–water partition coefficient (Wildman–Crippen LogP) is 4.15. The lowest BCUT2D eigenvalue weighted by atomic mass is 10.0. The molecule has 3 nitrogen and oxygen atoms in total. The number of hydrogen-bond acceptors (Lipinski definition) is 2. The van der Waals surface area contributed by atoms with Crippen molar-refractivity contribution in [1.29, 1.82) is 0 Å². The first-order valence-corrected chi connectivity index (χ1v) is 7.66. The van der Waals surface area contributed by atoms with E-state index in [4.69, 9.17) is 0 Å². The van der Waals surface area contributed by atoms with Gasteiger partial charge in [0.25, 0.3) is 5.56 Å². The lowest BCUT2D eigenvalue weighted by Crippen LogP contribution is -2.20. The summed E-state index contributed by atoms with van der Waals surface area (Å²) in [5.74, 6) is 0. The van der Waals surface area contributed by atoms with E-state index in [2.05, 4.69) is 20.9 Å². The van der Waals surface area contributed by atoms with Gasteiger partial charge in [-0.2, -0.15) is 0 Å². The van der Waals surface area contributed by atoms with Crippen molar-refractivity contribution in [3.05, 3.63) is 63.0 Å². The molecule has 0 unspecified atom stereocenters. The Labute approximate surface area is 131 Å². The Balaban J connectivity index is 2.42. The highest BCUT2D eigenvalue weighted by molar-refractivity contribution is 9.10. The number of pyridine rings is 2. The maximum absolute atomic E-state index is 12.4. The van der Waals surface area contributed by atoms with Crippen LogP contribution < -0.4 is 5.56 Å². The van der Waals surface area contributed by atoms with E-state index in [-0.39, 0.29) is 5.56 Å². The minimum atomic E-state index is -0.0157. The summed E-state index contributed by atoms with van der Waals surface area (Å²) >= 11 is 3.48. The second kappa shape index (κ2) is 5.45. The molecule has 4 heteroatoms. The summed E-state index contributed by atoms with van der Waals surface area (Å²) in [6, 6.07) is 13.7. The van der Waals surface area contributed by atoms with Gasteiger partial charge in [0.15, 0.2) is 0 Å². The van der Waals surface area contributed by atoms with Gasteiger partial charge < -0.3 is 0 Å². The molecule has 3 rings (SSSR count). The van der Waals surface area contributed by atoms with Crippen molar-refractivity contribution in [3.63, 3.8) is 0 Å². The highest BCUT2D eigenvalue weighted by atomic mass is 79.9. The Morgan fingerprint density at radius 3 is 2.71 bits per heavy atom. The van der Waals surface area contributed by atoms with Crippen molar-refractivity contribution in [2.75, 3.05) is 0 Å². The van der Waals surface area contributed by atoms with Gasteiger partial charge in [0, 0.05) is 28.2 Å². The maximum Gasteiger partial charge on any atom is 0.252 e. The first kappa shape index (κ1) is 14.0. The number of halogens is 1. The van der Waals surface area contributed by atoms with Gasteiger partial charge in [0.05, 0.1) is 0 Å². The van der Waals surface area contributed by atoms with Gasteiger partial charge in [-0.25, -0.2) is 4.98 Å². The molecule has 0 bridgehead atoms. The molecule has 0 N–H and O–H groups in total. The van der Waals surface area contributed by atoms with Gasteiger partial charge in [-0.1, -0.05) is 28.1 Å². The number of aryl methyl sites for hydroxylation is 2. The van der Waals surface area contributed by atoms with Crippen LogP contribution in [0.15, 0.2) is 51.7 Å². The van der Waals surface area contributed by atoms with Crippen molar-refractivity contribution >= 4 is 27.0 Å². The Morgan fingerprint density at radius 2 is 2.00 bits per heavy atom. The van der Waals surface area contributed by atoms with Crippen LogP contribution in [0.4, 0.5) is 0 Å². The standard InChI is InChI=1S/C17H15BrN2O/c1-3-20-16(21)10-15(12-5-4-6-13(18)9-12)14-8-7-11(2)19-17(14)20/h4-10H,3H2,1-2H3. The highest BCUT2D eigenvalue weighted by Gasteiger charge is 2.11. The zero-order valence-corrected chi connectivity index (χ0v) is 13.5. The fourth-order valence-electron chi connectivity index (χ4n) is 2.54. The summed E-state index contributed by atoms with van der Waals surface area (Å²) in [4.78, 5) is 16.9. The van der Waals surface area contributed by atoms with Crippen molar-refractivity contribution < 1.29 is 0 Å². The van der Waals surface area contributed by atoms with E-state index in [1.807, 2.05) is 50.2 Å². The number of aromatic nitrogens is 2. The van der Waals surface area contributed by atoms with Crippen molar-refractivity contribution in [2.45, 2.75) is 20.4 Å². The third-order valence-electron chi connectivity index (χ3n) is 3.55. The second-order valence-electron chi connectivity index (χ2n) is 4.97. The third kappa shape index (κ3) is 2.51. The number of rotatable bonds is 2. The van der Waals surface area contributed by atoms with Crippen LogP contribution in [0.25, 0.3) is 22.2 Å². The predicted molar refractivity (Wildman–Crippen MR) is 89.6 cm³/mol. The first-order valence-electron chi connectivity index (χ1n) is 6.87. The second-order valence-corrected chi connectivity index (χ2v) is 5.89. The number of nitrogens with zero attached hydrogens (tertiary/aromatic N) is 2. The largest absolute Gasteiger partial charge is 0.293 e. The third-order valence-corrected chi connectivity index (χ3v) is 4.04. The quantitative estimate of drug-likeness (QED) is 0.700. The minimum absolute atomic E-state index is 0.0157. The monoisotopic (exact) mass is 342 g/mol. The summed E-state index contributed by atoms with van der Waals surface area (Å²) < 4.78 is 2.71. The summed E-state index contributed by atoms with van der Waals surface area (Å²) in [6.07, 6.45) is 0. The Kier molecular flexibility index (Phi) is 3.64. The molecule has 0 aliphatic heterocycles. The molecule has 2 heterocycles. The Bertz CT molecular complexity index is 884. The van der Waals surface area contributed by atoms with Gasteiger partial charge in [-0.3, -0.25) is 9.36 Å². The van der Waals surface area contributed by atoms with Crippen LogP contribution in [0, 0.1) is 6.92 Å². The molecule has 2 aromatic heterocycles. The molecule has 0 amide bonds. The number of fused-ring (bicyclic) bond motifs is 1. The van der Waals surface area contributed by atoms with Gasteiger partial charge in [0.2, 0.25) is 0 Å². The molecule has 0 atom stereocenters. The molecule has 0 aliphatic rings. The molecule has 3 aromatic rings. The average Bonchev–Trinajstić information content (AvgIpc) is 2.46. The summed E-state index contributed by atoms with van der Waals surface area (Å²) in [5.41, 5.74) is 3.59. The molecule has 0 saturated heterocycles. The van der Waals surface area contributed by atoms with Crippen LogP contribution in [0.2, 0.25) is 0 Å². The molecule has 0 spiro atoms. The van der Waals surface area contributed by atoms with Crippen molar-refractivity contribution in [3.8, 4) is 11.1 Å². The topological polar surface area (TPSA) is 34.9 Å². The first-order chi connectivity index (χ1) is 10.1. The van der Waals surface area contributed by atoms with Crippen LogP contribution >= 0.6 is 15.9 Å². The molecule has 0 fully saturated rings. The molecule has 0 saturated carbocycles. The average molecular weight is 343 g/mol. The highest BCUT2D eigenvalue weighted by Crippen LogP contribution is 2.28. The SMILES string of the molecule is CCn1c(=O)cc(-c2cccc(Br)c2)c2ccc(C)nc21. The van der Waals surface area contributed by atoms with E-state index in [1.54, 1.807) is 10.6 Å². The van der Waals surface area contributed by atoms with E-state index in [1.165, 1.54) is 0 Å². The lowest BCUT2D eigenvalue weighted by Gasteiger charge is -2.12. The number of benzene rings is 1. The minimum Gasteiger partial charge on any atom is -0.293 e. The summed E-state index contributed by atoms with van der Waals surface area (Å²) in [6.45, 7) is 4.52. The lowest BCUT2D eigenvalue weighted by molar-refractivity contribution is 0.749. The van der Waals surface area contributed by atoms with Crippen molar-refractivity contribution in [1.82, 2.24) is 9.55 Å². The Hall–Kier alpha value is -1.94. The summed E-state index contributed by atoms with van der Waals surface area (Å²) in [7, 11) is 0. The van der Waals surface area contributed by atoms with Crippen molar-refractivity contribution in [2.24, 2.45) is 0 Å². The molecule has 0 aliphatic carbocycles. The zero-order valence-electron chi connectivity index (χ0n) is 11.9. The normalized spacial score (nSPS) is 11.0. The maximum atomic E-state index is 12.4. The molecule has 106 valence electrons. The van der Waals surface area contributed by atoms with Gasteiger partial charge in [-0.05, 0) is 49.2 Å². The zero-order chi connectivity index (χ0) is 15.0. The summed E-state index contributed by atoms with van der Waals surface area (Å²) in [5, 5.41) is 1.00. The van der Waals surface area contributed by atoms with E-state index in [0.29, 0.717) is 6.54 Å². The van der Waals surface area contributed by atoms with Crippen LogP contribution in [0.1, 0.15) is 12.6 Å². The molecule has 1 aromatic carbocycles. The van der Waals surface area contributed by atoms with E-state index < -0.39 is 0 Å². The molecule has 0 radical (unpaired) electrons. The Morgan fingerprint density at radius 1 is 1.19 bits per heavy atom. The van der Waals surface area contributed by atoms with Crippen LogP contribution in [-0.4, -0.2) is 9.55 Å². The molecular formula is C17H15BrN2O. The van der Waals surface area contributed by atoms with E-state index in [9.17, 15) is 4.79 Å². The van der Waals surface area contributed by atoms with E-state index in [0.717, 1.165) is 32.3 Å². The fourth-order valence-corrected chi connectivity index (χ4v) is 2.94. The molecule has 21 heavy (non-hydrogen) atoms. The van der Waals surface area contributed by atoms with E-state index >= 15 is 0 Å². The van der Waals surface area contributed by atoms with Gasteiger partial charge in [-0.15, -0.1) is 0 Å². The van der Waals surface area contributed by atoms with Gasteiger partial charge in [0.1, 0.15) is 5.65 Å². The smallest absolute Gasteiger partial charge is 0.252 e. The van der Waals surface area contributed by atoms with Crippen LogP contribution in [0.3, 0.4) is 0 Å². The van der Waals surface area contributed by atoms with Crippen LogP contribution in [0.5, 0.6) is 0 Å².